The highest BCUT2D eigenvalue weighted by Crippen LogP contribution is 2.32. The van der Waals surface area contributed by atoms with Gasteiger partial charge in [-0.25, -0.2) is 14.8 Å². The van der Waals surface area contributed by atoms with Crippen molar-refractivity contribution in [2.24, 2.45) is 0 Å². The molecule has 0 fully saturated rings. The van der Waals surface area contributed by atoms with E-state index in [-0.39, 0.29) is 5.91 Å². The van der Waals surface area contributed by atoms with Crippen molar-refractivity contribution in [2.45, 2.75) is 0 Å². The normalized spacial score (nSPS) is 10.7. The summed E-state index contributed by atoms with van der Waals surface area (Å²) in [6.45, 7) is 0. The summed E-state index contributed by atoms with van der Waals surface area (Å²) in [5.74, 6) is -0.759. The number of H-pyrrole nitrogens is 1. The number of nitrogens with one attached hydrogen (secondary N) is 2. The monoisotopic (exact) mass is 444 g/mol. The SMILES string of the molecule is COC(=O)c1cc(-c2csc(NC(=O)c3cnc(-c4ccccc4Cl)s3)n2)c[nH]1. The molecule has 3 aromatic heterocycles. The van der Waals surface area contributed by atoms with Gasteiger partial charge in [0.2, 0.25) is 0 Å². The molecular weight excluding hydrogens is 432 g/mol. The number of benzene rings is 1. The van der Waals surface area contributed by atoms with Gasteiger partial charge in [0.15, 0.2) is 5.13 Å². The van der Waals surface area contributed by atoms with E-state index in [0.717, 1.165) is 11.1 Å². The predicted molar refractivity (Wildman–Crippen MR) is 114 cm³/mol. The zero-order chi connectivity index (χ0) is 20.4. The molecule has 0 aliphatic heterocycles. The fraction of sp³-hybridized carbons (Fsp3) is 0.0526. The first-order chi connectivity index (χ1) is 14.0. The largest absolute Gasteiger partial charge is 0.464 e. The van der Waals surface area contributed by atoms with Crippen molar-refractivity contribution in [2.75, 3.05) is 12.4 Å². The lowest BCUT2D eigenvalue weighted by atomic mass is 10.2. The van der Waals surface area contributed by atoms with E-state index in [1.165, 1.54) is 36.0 Å². The molecule has 0 aliphatic carbocycles. The molecule has 29 heavy (non-hydrogen) atoms. The van der Waals surface area contributed by atoms with Gasteiger partial charge in [0.1, 0.15) is 15.6 Å². The first kappa shape index (κ1) is 19.3. The third kappa shape index (κ3) is 4.07. The summed E-state index contributed by atoms with van der Waals surface area (Å²) < 4.78 is 4.68. The maximum Gasteiger partial charge on any atom is 0.354 e. The van der Waals surface area contributed by atoms with Gasteiger partial charge >= 0.3 is 5.97 Å². The number of nitrogens with zero attached hydrogens (tertiary/aromatic N) is 2. The van der Waals surface area contributed by atoms with E-state index in [2.05, 4.69) is 25.0 Å². The van der Waals surface area contributed by atoms with Gasteiger partial charge in [0.05, 0.1) is 24.0 Å². The Labute approximate surface area is 178 Å². The molecule has 0 spiro atoms. The van der Waals surface area contributed by atoms with Crippen LogP contribution in [0.1, 0.15) is 20.2 Å². The number of anilines is 1. The summed E-state index contributed by atoms with van der Waals surface area (Å²) in [5, 5.41) is 6.26. The Kier molecular flexibility index (Phi) is 5.43. The van der Waals surface area contributed by atoms with Crippen LogP contribution >= 0.6 is 34.3 Å². The minimum atomic E-state index is -0.459. The Balaban J connectivity index is 1.48. The number of carbonyl (C=O) groups excluding carboxylic acids is 2. The lowest BCUT2D eigenvalue weighted by Gasteiger charge is -1.99. The standard InChI is InChI=1S/C19H13ClN4O3S2/c1-27-18(26)13-6-10(7-21-13)14-9-28-19(23-14)24-16(25)15-8-22-17(29-15)11-4-2-3-5-12(11)20/h2-9,21H,1H3,(H,23,24,25). The third-order valence-electron chi connectivity index (χ3n) is 3.94. The molecule has 0 bridgehead atoms. The van der Waals surface area contributed by atoms with Crippen LogP contribution in [0.5, 0.6) is 0 Å². The number of aromatic nitrogens is 3. The third-order valence-corrected chi connectivity index (χ3v) is 6.06. The second-order valence-electron chi connectivity index (χ2n) is 5.80. The van der Waals surface area contributed by atoms with Crippen LogP contribution in [-0.4, -0.2) is 33.9 Å². The molecule has 3 heterocycles. The molecule has 0 radical (unpaired) electrons. The molecule has 10 heteroatoms. The van der Waals surface area contributed by atoms with Crippen LogP contribution in [0.25, 0.3) is 21.8 Å². The Morgan fingerprint density at radius 3 is 2.90 bits per heavy atom. The highest BCUT2D eigenvalue weighted by molar-refractivity contribution is 7.17. The molecule has 0 saturated carbocycles. The number of carbonyl (C=O) groups is 2. The van der Waals surface area contributed by atoms with Crippen LogP contribution in [0.15, 0.2) is 48.1 Å². The Morgan fingerprint density at radius 2 is 2.10 bits per heavy atom. The molecule has 1 aromatic carbocycles. The number of esters is 1. The molecule has 4 aromatic rings. The van der Waals surface area contributed by atoms with Gasteiger partial charge in [-0.2, -0.15) is 0 Å². The highest BCUT2D eigenvalue weighted by atomic mass is 35.5. The summed E-state index contributed by atoms with van der Waals surface area (Å²) in [7, 11) is 1.32. The van der Waals surface area contributed by atoms with Crippen LogP contribution in [-0.2, 0) is 4.74 Å². The fourth-order valence-electron chi connectivity index (χ4n) is 2.53. The van der Waals surface area contributed by atoms with E-state index < -0.39 is 5.97 Å². The lowest BCUT2D eigenvalue weighted by Crippen LogP contribution is -2.09. The van der Waals surface area contributed by atoms with Crippen molar-refractivity contribution >= 4 is 51.3 Å². The quantitative estimate of drug-likeness (QED) is 0.424. The number of aromatic amines is 1. The first-order valence-electron chi connectivity index (χ1n) is 8.30. The maximum atomic E-state index is 12.5. The number of methoxy groups -OCH3 is 1. The lowest BCUT2D eigenvalue weighted by molar-refractivity contribution is 0.0594. The van der Waals surface area contributed by atoms with Crippen LogP contribution in [0.3, 0.4) is 0 Å². The Morgan fingerprint density at radius 1 is 1.28 bits per heavy atom. The van der Waals surface area contributed by atoms with Crippen molar-refractivity contribution < 1.29 is 14.3 Å². The average Bonchev–Trinajstić information content (AvgIpc) is 3.47. The molecule has 0 unspecified atom stereocenters. The van der Waals surface area contributed by atoms with Gasteiger partial charge in [-0.15, -0.1) is 22.7 Å². The molecule has 0 saturated heterocycles. The number of hydrogen-bond donors (Lipinski definition) is 2. The van der Waals surface area contributed by atoms with Gasteiger partial charge in [0.25, 0.3) is 5.91 Å². The average molecular weight is 445 g/mol. The molecular formula is C19H13ClN4O3S2. The van der Waals surface area contributed by atoms with Gasteiger partial charge in [-0.05, 0) is 12.1 Å². The molecule has 1 amide bonds. The number of ether oxygens (including phenoxy) is 1. The minimum Gasteiger partial charge on any atom is -0.464 e. The smallest absolute Gasteiger partial charge is 0.354 e. The molecule has 0 aliphatic rings. The van der Waals surface area contributed by atoms with E-state index in [4.69, 9.17) is 11.6 Å². The van der Waals surface area contributed by atoms with Crippen molar-refractivity contribution in [1.29, 1.82) is 0 Å². The van der Waals surface area contributed by atoms with Crippen LogP contribution < -0.4 is 5.32 Å². The number of thiazole rings is 2. The molecule has 7 nitrogen and oxygen atoms in total. The summed E-state index contributed by atoms with van der Waals surface area (Å²) >= 11 is 8.73. The maximum absolute atomic E-state index is 12.5. The van der Waals surface area contributed by atoms with Gasteiger partial charge in [-0.3, -0.25) is 10.1 Å². The second kappa shape index (κ2) is 8.16. The number of rotatable bonds is 5. The van der Waals surface area contributed by atoms with Gasteiger partial charge < -0.3 is 9.72 Å². The van der Waals surface area contributed by atoms with E-state index >= 15 is 0 Å². The molecule has 4 rings (SSSR count). The Hall–Kier alpha value is -3.01. The first-order valence-corrected chi connectivity index (χ1v) is 10.4. The molecule has 0 atom stereocenters. The molecule has 2 N–H and O–H groups in total. The van der Waals surface area contributed by atoms with Gasteiger partial charge in [-0.1, -0.05) is 29.8 Å². The summed E-state index contributed by atoms with van der Waals surface area (Å²) in [6.07, 6.45) is 3.17. The van der Waals surface area contributed by atoms with Crippen LogP contribution in [0.2, 0.25) is 5.02 Å². The van der Waals surface area contributed by atoms with Crippen molar-refractivity contribution in [1.82, 2.24) is 15.0 Å². The van der Waals surface area contributed by atoms with Crippen LogP contribution in [0, 0.1) is 0 Å². The van der Waals surface area contributed by atoms with Crippen molar-refractivity contribution in [3.8, 4) is 21.8 Å². The van der Waals surface area contributed by atoms with Crippen molar-refractivity contribution in [3.05, 3.63) is 63.7 Å². The topological polar surface area (TPSA) is 97.0 Å². The zero-order valence-electron chi connectivity index (χ0n) is 14.9. The number of amides is 1. The van der Waals surface area contributed by atoms with Crippen molar-refractivity contribution in [3.63, 3.8) is 0 Å². The van der Waals surface area contributed by atoms with E-state index in [1.54, 1.807) is 23.7 Å². The van der Waals surface area contributed by atoms with Gasteiger partial charge in [0, 0.05) is 22.7 Å². The molecule has 146 valence electrons. The summed E-state index contributed by atoms with van der Waals surface area (Å²) in [5.41, 5.74) is 2.47. The van der Waals surface area contributed by atoms with E-state index in [1.807, 2.05) is 18.2 Å². The Bertz CT molecular complexity index is 1200. The predicted octanol–water partition coefficient (Wildman–Crippen LogP) is 4.95. The van der Waals surface area contributed by atoms with E-state index in [9.17, 15) is 9.59 Å². The minimum absolute atomic E-state index is 0.300. The van der Waals surface area contributed by atoms with Crippen LogP contribution in [0.4, 0.5) is 5.13 Å². The number of halogens is 1. The van der Waals surface area contributed by atoms with E-state index in [0.29, 0.717) is 31.4 Å². The zero-order valence-corrected chi connectivity index (χ0v) is 17.3. The fourth-order valence-corrected chi connectivity index (χ4v) is 4.38. The second-order valence-corrected chi connectivity index (χ2v) is 8.09. The summed E-state index contributed by atoms with van der Waals surface area (Å²) in [4.78, 5) is 36.1. The summed E-state index contributed by atoms with van der Waals surface area (Å²) in [6, 6.07) is 8.99. The highest BCUT2D eigenvalue weighted by Gasteiger charge is 2.16. The number of hydrogen-bond acceptors (Lipinski definition) is 7.